The van der Waals surface area contributed by atoms with Crippen LogP contribution in [-0.4, -0.2) is 20.9 Å². The van der Waals surface area contributed by atoms with Gasteiger partial charge in [-0.05, 0) is 24.0 Å². The zero-order valence-electron chi connectivity index (χ0n) is 11.8. The molecule has 0 aliphatic heterocycles. The predicted molar refractivity (Wildman–Crippen MR) is 86.0 cm³/mol. The maximum absolute atomic E-state index is 11.4. The highest BCUT2D eigenvalue weighted by molar-refractivity contribution is 9.10. The van der Waals surface area contributed by atoms with Crippen LogP contribution in [-0.2, 0) is 13.0 Å². The third-order valence-electron chi connectivity index (χ3n) is 3.06. The molecule has 1 heterocycles. The molecule has 1 aromatic carbocycles. The van der Waals surface area contributed by atoms with E-state index in [9.17, 15) is 9.90 Å². The molecule has 4 nitrogen and oxygen atoms in total. The molecule has 112 valence electrons. The standard InChI is InChI=1S/C15H16BrClN2O2/c1-9(2)7-12-13(15(20)21)14(17)19(18-12)8-10-5-3-4-6-11(10)16/h3-6,9H,7-8H2,1-2H3,(H,20,21). The van der Waals surface area contributed by atoms with E-state index in [1.807, 2.05) is 38.1 Å². The van der Waals surface area contributed by atoms with Crippen LogP contribution in [0.4, 0.5) is 0 Å². The molecule has 0 fully saturated rings. The van der Waals surface area contributed by atoms with Gasteiger partial charge >= 0.3 is 5.97 Å². The van der Waals surface area contributed by atoms with Crippen molar-refractivity contribution in [2.75, 3.05) is 0 Å². The van der Waals surface area contributed by atoms with Gasteiger partial charge in [0.15, 0.2) is 0 Å². The third kappa shape index (κ3) is 3.66. The Balaban J connectivity index is 2.41. The summed E-state index contributed by atoms with van der Waals surface area (Å²) in [6, 6.07) is 7.72. The zero-order chi connectivity index (χ0) is 15.6. The topological polar surface area (TPSA) is 55.1 Å². The molecular weight excluding hydrogens is 356 g/mol. The normalized spacial score (nSPS) is 11.1. The predicted octanol–water partition coefficient (Wildman–Crippen LogP) is 4.24. The summed E-state index contributed by atoms with van der Waals surface area (Å²) in [4.78, 5) is 11.4. The Morgan fingerprint density at radius 1 is 1.43 bits per heavy atom. The number of aromatic nitrogens is 2. The van der Waals surface area contributed by atoms with E-state index in [1.54, 1.807) is 4.68 Å². The van der Waals surface area contributed by atoms with E-state index < -0.39 is 5.97 Å². The zero-order valence-corrected chi connectivity index (χ0v) is 14.1. The van der Waals surface area contributed by atoms with Crippen LogP contribution < -0.4 is 0 Å². The van der Waals surface area contributed by atoms with E-state index in [2.05, 4.69) is 21.0 Å². The first-order valence-corrected chi connectivity index (χ1v) is 7.79. The number of halogens is 2. The lowest BCUT2D eigenvalue weighted by molar-refractivity contribution is 0.0695. The molecule has 21 heavy (non-hydrogen) atoms. The van der Waals surface area contributed by atoms with Gasteiger partial charge in [-0.1, -0.05) is 59.6 Å². The fourth-order valence-corrected chi connectivity index (χ4v) is 2.82. The van der Waals surface area contributed by atoms with Crippen molar-refractivity contribution in [3.63, 3.8) is 0 Å². The van der Waals surface area contributed by atoms with Crippen molar-refractivity contribution in [3.05, 3.63) is 50.7 Å². The maximum atomic E-state index is 11.4. The van der Waals surface area contributed by atoms with Gasteiger partial charge in [-0.15, -0.1) is 0 Å². The van der Waals surface area contributed by atoms with Gasteiger partial charge in [0, 0.05) is 4.47 Å². The molecule has 0 saturated heterocycles. The van der Waals surface area contributed by atoms with Gasteiger partial charge in [-0.25, -0.2) is 9.48 Å². The van der Waals surface area contributed by atoms with E-state index in [1.165, 1.54) is 0 Å². The second-order valence-corrected chi connectivity index (χ2v) is 6.48. The molecule has 1 N–H and O–H groups in total. The summed E-state index contributed by atoms with van der Waals surface area (Å²) in [5, 5.41) is 13.9. The van der Waals surface area contributed by atoms with Gasteiger partial charge in [0.1, 0.15) is 10.7 Å². The summed E-state index contributed by atoms with van der Waals surface area (Å²) < 4.78 is 2.49. The van der Waals surface area contributed by atoms with Crippen LogP contribution in [0.25, 0.3) is 0 Å². The highest BCUT2D eigenvalue weighted by atomic mass is 79.9. The molecule has 0 aliphatic rings. The van der Waals surface area contributed by atoms with Crippen molar-refractivity contribution in [1.29, 1.82) is 0 Å². The summed E-state index contributed by atoms with van der Waals surface area (Å²) in [5.74, 6) is -0.722. The van der Waals surface area contributed by atoms with Crippen LogP contribution in [0.3, 0.4) is 0 Å². The summed E-state index contributed by atoms with van der Waals surface area (Å²) in [6.07, 6.45) is 0.588. The molecule has 2 rings (SSSR count). The van der Waals surface area contributed by atoms with Crippen LogP contribution in [0.1, 0.15) is 35.5 Å². The van der Waals surface area contributed by atoms with Gasteiger partial charge in [0.2, 0.25) is 0 Å². The number of carbonyl (C=O) groups is 1. The molecule has 6 heteroatoms. The monoisotopic (exact) mass is 370 g/mol. The van der Waals surface area contributed by atoms with Crippen molar-refractivity contribution in [2.45, 2.75) is 26.8 Å². The first-order chi connectivity index (χ1) is 9.90. The van der Waals surface area contributed by atoms with Crippen molar-refractivity contribution in [1.82, 2.24) is 9.78 Å². The maximum Gasteiger partial charge on any atom is 0.340 e. The van der Waals surface area contributed by atoms with Crippen LogP contribution in [0.2, 0.25) is 5.15 Å². The average molecular weight is 372 g/mol. The Labute approximate surface area is 136 Å². The van der Waals surface area contributed by atoms with E-state index in [-0.39, 0.29) is 10.7 Å². The van der Waals surface area contributed by atoms with Gasteiger partial charge in [-0.3, -0.25) is 0 Å². The van der Waals surface area contributed by atoms with E-state index in [0.29, 0.717) is 24.6 Å². The lowest BCUT2D eigenvalue weighted by Gasteiger charge is -2.05. The van der Waals surface area contributed by atoms with Gasteiger partial charge in [-0.2, -0.15) is 5.10 Å². The molecule has 0 aliphatic carbocycles. The molecule has 0 saturated carbocycles. The van der Waals surface area contributed by atoms with E-state index in [4.69, 9.17) is 11.6 Å². The minimum atomic E-state index is -1.03. The molecular formula is C15H16BrClN2O2. The van der Waals surface area contributed by atoms with E-state index in [0.717, 1.165) is 10.0 Å². The second-order valence-electron chi connectivity index (χ2n) is 5.26. The number of nitrogens with zero attached hydrogens (tertiary/aromatic N) is 2. The quantitative estimate of drug-likeness (QED) is 0.855. The fraction of sp³-hybridized carbons (Fsp3) is 0.333. The summed E-state index contributed by atoms with van der Waals surface area (Å²) in [5.41, 5.74) is 1.64. The number of carboxylic acid groups (broad SMARTS) is 1. The smallest absolute Gasteiger partial charge is 0.340 e. The third-order valence-corrected chi connectivity index (χ3v) is 4.21. The Hall–Kier alpha value is -1.33. The Bertz CT molecular complexity index is 668. The number of hydrogen-bond acceptors (Lipinski definition) is 2. The number of hydrogen-bond donors (Lipinski definition) is 1. The largest absolute Gasteiger partial charge is 0.478 e. The molecule has 0 unspecified atom stereocenters. The first kappa shape index (κ1) is 16.0. The number of rotatable bonds is 5. The molecule has 2 aromatic rings. The van der Waals surface area contributed by atoms with Crippen molar-refractivity contribution >= 4 is 33.5 Å². The first-order valence-electron chi connectivity index (χ1n) is 6.62. The molecule has 1 aromatic heterocycles. The molecule has 0 spiro atoms. The number of carboxylic acids is 1. The minimum absolute atomic E-state index is 0.109. The van der Waals surface area contributed by atoms with Crippen LogP contribution >= 0.6 is 27.5 Å². The molecule has 0 atom stereocenters. The SMILES string of the molecule is CC(C)Cc1nn(Cc2ccccc2Br)c(Cl)c1C(=O)O. The summed E-state index contributed by atoms with van der Waals surface area (Å²) >= 11 is 9.69. The molecule has 0 bridgehead atoms. The van der Waals surface area contributed by atoms with Crippen molar-refractivity contribution in [2.24, 2.45) is 5.92 Å². The minimum Gasteiger partial charge on any atom is -0.478 e. The number of aromatic carboxylic acids is 1. The van der Waals surface area contributed by atoms with E-state index >= 15 is 0 Å². The molecule has 0 radical (unpaired) electrons. The van der Waals surface area contributed by atoms with Crippen molar-refractivity contribution in [3.8, 4) is 0 Å². The fourth-order valence-electron chi connectivity index (χ4n) is 2.12. The molecule has 0 amide bonds. The highest BCUT2D eigenvalue weighted by Gasteiger charge is 2.23. The Morgan fingerprint density at radius 3 is 2.67 bits per heavy atom. The Kier molecular flexibility index (Phi) is 5.06. The highest BCUT2D eigenvalue weighted by Crippen LogP contribution is 2.25. The van der Waals surface area contributed by atoms with Crippen LogP contribution in [0.15, 0.2) is 28.7 Å². The van der Waals surface area contributed by atoms with Gasteiger partial charge in [0.05, 0.1) is 12.2 Å². The Morgan fingerprint density at radius 2 is 2.10 bits per heavy atom. The summed E-state index contributed by atoms with van der Waals surface area (Å²) in [6.45, 7) is 4.47. The van der Waals surface area contributed by atoms with Crippen LogP contribution in [0.5, 0.6) is 0 Å². The second kappa shape index (κ2) is 6.62. The summed E-state index contributed by atoms with van der Waals surface area (Å²) in [7, 11) is 0. The van der Waals surface area contributed by atoms with Crippen molar-refractivity contribution < 1.29 is 9.90 Å². The van der Waals surface area contributed by atoms with Gasteiger partial charge < -0.3 is 5.11 Å². The number of benzene rings is 1. The lowest BCUT2D eigenvalue weighted by atomic mass is 10.1. The lowest BCUT2D eigenvalue weighted by Crippen LogP contribution is -2.04. The average Bonchev–Trinajstić information content (AvgIpc) is 2.68. The van der Waals surface area contributed by atoms with Crippen LogP contribution in [0, 0.1) is 5.92 Å². The van der Waals surface area contributed by atoms with Gasteiger partial charge in [0.25, 0.3) is 0 Å².